The molecule has 1 fully saturated rings. The lowest BCUT2D eigenvalue weighted by atomic mass is 9.96. The van der Waals surface area contributed by atoms with Gasteiger partial charge < -0.3 is 11.1 Å². The van der Waals surface area contributed by atoms with Crippen molar-refractivity contribution < 1.29 is 4.79 Å². The molecular weight excluding hydrogens is 274 g/mol. The van der Waals surface area contributed by atoms with Crippen LogP contribution >= 0.6 is 11.6 Å². The van der Waals surface area contributed by atoms with Crippen LogP contribution in [0.2, 0.25) is 5.02 Å². The predicted molar refractivity (Wildman–Crippen MR) is 82.9 cm³/mol. The summed E-state index contributed by atoms with van der Waals surface area (Å²) in [7, 11) is 0. The zero-order valence-electron chi connectivity index (χ0n) is 11.8. The molecule has 2 unspecified atom stereocenters. The van der Waals surface area contributed by atoms with E-state index in [1.165, 1.54) is 6.42 Å². The fourth-order valence-electron chi connectivity index (χ4n) is 2.81. The number of anilines is 1. The molecule has 0 saturated carbocycles. The second kappa shape index (κ2) is 7.07. The molecule has 5 heteroatoms. The van der Waals surface area contributed by atoms with E-state index in [1.807, 2.05) is 12.1 Å². The summed E-state index contributed by atoms with van der Waals surface area (Å²) >= 11 is 5.91. The predicted octanol–water partition coefficient (Wildman–Crippen LogP) is 2.48. The van der Waals surface area contributed by atoms with Crippen molar-refractivity contribution in [3.63, 3.8) is 0 Å². The molecule has 1 aliphatic rings. The molecule has 1 aliphatic heterocycles. The number of benzene rings is 1. The summed E-state index contributed by atoms with van der Waals surface area (Å²) < 4.78 is 0. The maximum Gasteiger partial charge on any atom is 0.238 e. The first-order chi connectivity index (χ1) is 9.60. The normalized spacial score (nSPS) is 23.6. The van der Waals surface area contributed by atoms with Gasteiger partial charge >= 0.3 is 0 Å². The Morgan fingerprint density at radius 3 is 3.00 bits per heavy atom. The lowest BCUT2D eigenvalue weighted by Gasteiger charge is -2.39. The van der Waals surface area contributed by atoms with E-state index < -0.39 is 0 Å². The second-order valence-electron chi connectivity index (χ2n) is 5.40. The molecule has 1 aromatic carbocycles. The molecule has 1 saturated heterocycles. The summed E-state index contributed by atoms with van der Waals surface area (Å²) in [5.74, 6) is -0.0144. The van der Waals surface area contributed by atoms with Crippen LogP contribution < -0.4 is 11.1 Å². The lowest BCUT2D eigenvalue weighted by molar-refractivity contribution is -0.118. The highest BCUT2D eigenvalue weighted by atomic mass is 35.5. The Bertz CT molecular complexity index is 466. The van der Waals surface area contributed by atoms with Gasteiger partial charge in [0.05, 0.1) is 6.54 Å². The number of hydrogen-bond donors (Lipinski definition) is 2. The zero-order chi connectivity index (χ0) is 14.5. The molecule has 110 valence electrons. The summed E-state index contributed by atoms with van der Waals surface area (Å²) in [5, 5.41) is 3.51. The molecule has 0 radical (unpaired) electrons. The highest BCUT2D eigenvalue weighted by molar-refractivity contribution is 6.30. The fraction of sp³-hybridized carbons (Fsp3) is 0.533. The van der Waals surface area contributed by atoms with E-state index in [0.29, 0.717) is 30.2 Å². The topological polar surface area (TPSA) is 58.4 Å². The monoisotopic (exact) mass is 295 g/mol. The van der Waals surface area contributed by atoms with Gasteiger partial charge in [0.15, 0.2) is 0 Å². The number of carbonyl (C=O) groups excluding carboxylic acids is 1. The highest BCUT2D eigenvalue weighted by Gasteiger charge is 2.28. The summed E-state index contributed by atoms with van der Waals surface area (Å²) in [5.41, 5.74) is 6.55. The Hall–Kier alpha value is -1.10. The van der Waals surface area contributed by atoms with Crippen molar-refractivity contribution in [2.24, 2.45) is 5.73 Å². The van der Waals surface area contributed by atoms with Gasteiger partial charge in [0.1, 0.15) is 0 Å². The standard InChI is InChI=1S/C15H22ClN3O/c1-11-4-2-7-14(9-17)19(11)10-15(20)18-13-6-3-5-12(16)8-13/h3,5-6,8,11,14H,2,4,7,9-10,17H2,1H3,(H,18,20). The van der Waals surface area contributed by atoms with Gasteiger partial charge in [-0.25, -0.2) is 0 Å². The maximum absolute atomic E-state index is 12.2. The molecule has 3 N–H and O–H groups in total. The van der Waals surface area contributed by atoms with Crippen molar-refractivity contribution in [2.45, 2.75) is 38.3 Å². The van der Waals surface area contributed by atoms with Crippen LogP contribution in [0.15, 0.2) is 24.3 Å². The molecule has 2 rings (SSSR count). The third-order valence-corrected chi connectivity index (χ3v) is 4.14. The van der Waals surface area contributed by atoms with Crippen LogP contribution in [0.5, 0.6) is 0 Å². The van der Waals surface area contributed by atoms with Gasteiger partial charge in [-0.2, -0.15) is 0 Å². The number of halogens is 1. The van der Waals surface area contributed by atoms with Crippen molar-refractivity contribution >= 4 is 23.2 Å². The third-order valence-electron chi connectivity index (χ3n) is 3.90. The van der Waals surface area contributed by atoms with Crippen LogP contribution in [-0.2, 0) is 4.79 Å². The van der Waals surface area contributed by atoms with Gasteiger partial charge in [0.25, 0.3) is 0 Å². The fourth-order valence-corrected chi connectivity index (χ4v) is 3.00. The van der Waals surface area contributed by atoms with Crippen molar-refractivity contribution in [1.29, 1.82) is 0 Å². The number of amides is 1. The van der Waals surface area contributed by atoms with Gasteiger partial charge in [-0.3, -0.25) is 9.69 Å². The van der Waals surface area contributed by atoms with Crippen LogP contribution in [0.1, 0.15) is 26.2 Å². The SMILES string of the molecule is CC1CCCC(CN)N1CC(=O)Nc1cccc(Cl)c1. The van der Waals surface area contributed by atoms with Crippen LogP contribution in [-0.4, -0.2) is 36.0 Å². The molecule has 0 spiro atoms. The van der Waals surface area contributed by atoms with Crippen molar-refractivity contribution in [1.82, 2.24) is 4.90 Å². The Balaban J connectivity index is 1.96. The van der Waals surface area contributed by atoms with E-state index in [2.05, 4.69) is 17.1 Å². The lowest BCUT2D eigenvalue weighted by Crippen LogP contribution is -2.51. The minimum atomic E-state index is -0.0144. The number of likely N-dealkylation sites (tertiary alicyclic amines) is 1. The summed E-state index contributed by atoms with van der Waals surface area (Å²) in [6.07, 6.45) is 3.39. The van der Waals surface area contributed by atoms with Crippen LogP contribution in [0, 0.1) is 0 Å². The van der Waals surface area contributed by atoms with E-state index in [4.69, 9.17) is 17.3 Å². The Morgan fingerprint density at radius 2 is 2.30 bits per heavy atom. The van der Waals surface area contributed by atoms with Gasteiger partial charge in [0, 0.05) is 29.3 Å². The Kier molecular flexibility index (Phi) is 5.40. The number of nitrogens with zero attached hydrogens (tertiary/aromatic N) is 1. The molecule has 0 aliphatic carbocycles. The number of hydrogen-bond acceptors (Lipinski definition) is 3. The minimum Gasteiger partial charge on any atom is -0.329 e. The Labute approximate surface area is 125 Å². The minimum absolute atomic E-state index is 0.0144. The zero-order valence-corrected chi connectivity index (χ0v) is 12.6. The van der Waals surface area contributed by atoms with E-state index in [0.717, 1.165) is 18.5 Å². The molecule has 0 bridgehead atoms. The maximum atomic E-state index is 12.2. The third kappa shape index (κ3) is 3.95. The average Bonchev–Trinajstić information content (AvgIpc) is 2.41. The largest absolute Gasteiger partial charge is 0.329 e. The number of rotatable bonds is 4. The van der Waals surface area contributed by atoms with Crippen molar-refractivity contribution in [3.8, 4) is 0 Å². The number of nitrogens with two attached hydrogens (primary N) is 1. The van der Waals surface area contributed by atoms with Gasteiger partial charge in [0.2, 0.25) is 5.91 Å². The summed E-state index contributed by atoms with van der Waals surface area (Å²) in [4.78, 5) is 14.4. The molecule has 4 nitrogen and oxygen atoms in total. The molecule has 20 heavy (non-hydrogen) atoms. The highest BCUT2D eigenvalue weighted by Crippen LogP contribution is 2.22. The second-order valence-corrected chi connectivity index (χ2v) is 5.84. The van der Waals surface area contributed by atoms with E-state index in [1.54, 1.807) is 12.1 Å². The van der Waals surface area contributed by atoms with Crippen LogP contribution in [0.25, 0.3) is 0 Å². The van der Waals surface area contributed by atoms with Gasteiger partial charge in [-0.1, -0.05) is 24.1 Å². The first-order valence-corrected chi connectivity index (χ1v) is 7.49. The number of carbonyl (C=O) groups is 1. The molecule has 0 aromatic heterocycles. The molecule has 1 amide bonds. The first-order valence-electron chi connectivity index (χ1n) is 7.11. The number of nitrogens with one attached hydrogen (secondary N) is 1. The van der Waals surface area contributed by atoms with Crippen LogP contribution in [0.3, 0.4) is 0 Å². The molecule has 2 atom stereocenters. The van der Waals surface area contributed by atoms with E-state index in [-0.39, 0.29) is 5.91 Å². The first kappa shape index (κ1) is 15.3. The number of piperidine rings is 1. The molecular formula is C15H22ClN3O. The summed E-state index contributed by atoms with van der Waals surface area (Å²) in [6, 6.07) is 7.91. The van der Waals surface area contributed by atoms with E-state index in [9.17, 15) is 4.79 Å². The quantitative estimate of drug-likeness (QED) is 0.897. The van der Waals surface area contributed by atoms with Crippen LogP contribution in [0.4, 0.5) is 5.69 Å². The Morgan fingerprint density at radius 1 is 1.50 bits per heavy atom. The molecule has 1 heterocycles. The van der Waals surface area contributed by atoms with E-state index >= 15 is 0 Å². The smallest absolute Gasteiger partial charge is 0.238 e. The van der Waals surface area contributed by atoms with Gasteiger partial charge in [-0.05, 0) is 38.0 Å². The van der Waals surface area contributed by atoms with Crippen molar-refractivity contribution in [3.05, 3.63) is 29.3 Å². The van der Waals surface area contributed by atoms with Gasteiger partial charge in [-0.15, -0.1) is 0 Å². The van der Waals surface area contributed by atoms with Crippen molar-refractivity contribution in [2.75, 3.05) is 18.4 Å². The summed E-state index contributed by atoms with van der Waals surface area (Å²) in [6.45, 7) is 3.15. The molecule has 1 aromatic rings. The average molecular weight is 296 g/mol.